The summed E-state index contributed by atoms with van der Waals surface area (Å²) in [4.78, 5) is 4.40. The van der Waals surface area contributed by atoms with Gasteiger partial charge in [-0.2, -0.15) is 4.98 Å². The molecule has 1 aliphatic rings. The number of nitrogens with zero attached hydrogens (tertiary/aromatic N) is 2. The maximum atomic E-state index is 5.97. The molecule has 2 aromatic rings. The van der Waals surface area contributed by atoms with Crippen molar-refractivity contribution in [2.75, 3.05) is 13.1 Å². The largest absolute Gasteiger partial charge is 0.339 e. The van der Waals surface area contributed by atoms with Crippen LogP contribution in [0.15, 0.2) is 22.7 Å². The highest BCUT2D eigenvalue weighted by molar-refractivity contribution is 6.35. The maximum Gasteiger partial charge on any atom is 0.227 e. The van der Waals surface area contributed by atoms with Crippen LogP contribution in [0.5, 0.6) is 0 Å². The third-order valence-electron chi connectivity index (χ3n) is 3.21. The Morgan fingerprint density at radius 3 is 2.74 bits per heavy atom. The Morgan fingerprint density at radius 1 is 1.26 bits per heavy atom. The zero-order valence-corrected chi connectivity index (χ0v) is 11.7. The molecular weight excluding hydrogens is 285 g/mol. The van der Waals surface area contributed by atoms with E-state index in [2.05, 4.69) is 15.5 Å². The second-order valence-corrected chi connectivity index (χ2v) is 5.61. The molecule has 3 rings (SSSR count). The third kappa shape index (κ3) is 3.08. The van der Waals surface area contributed by atoms with Gasteiger partial charge in [0.2, 0.25) is 11.7 Å². The van der Waals surface area contributed by atoms with Crippen LogP contribution >= 0.6 is 23.2 Å². The molecule has 2 heterocycles. The molecule has 1 saturated heterocycles. The van der Waals surface area contributed by atoms with Crippen LogP contribution in [0, 0.1) is 5.92 Å². The molecule has 1 aromatic heterocycles. The number of rotatable bonds is 3. The Kier molecular flexibility index (Phi) is 3.73. The molecule has 0 radical (unpaired) electrons. The van der Waals surface area contributed by atoms with Gasteiger partial charge in [0.15, 0.2) is 0 Å². The smallest absolute Gasteiger partial charge is 0.227 e. The summed E-state index contributed by atoms with van der Waals surface area (Å²) < 4.78 is 5.29. The summed E-state index contributed by atoms with van der Waals surface area (Å²) in [5, 5.41) is 8.44. The maximum absolute atomic E-state index is 5.97. The van der Waals surface area contributed by atoms with Crippen LogP contribution in [0.2, 0.25) is 10.0 Å². The van der Waals surface area contributed by atoms with Gasteiger partial charge >= 0.3 is 0 Å². The number of hydrogen-bond donors (Lipinski definition) is 1. The molecule has 0 spiro atoms. The first kappa shape index (κ1) is 12.9. The number of hydrogen-bond acceptors (Lipinski definition) is 4. The highest BCUT2D eigenvalue weighted by Gasteiger charge is 2.19. The molecule has 1 atom stereocenters. The molecule has 19 heavy (non-hydrogen) atoms. The fraction of sp³-hybridized carbons (Fsp3) is 0.385. The lowest BCUT2D eigenvalue weighted by atomic mass is 10.1. The zero-order valence-electron chi connectivity index (χ0n) is 10.2. The minimum absolute atomic E-state index is 0.533. The van der Waals surface area contributed by atoms with E-state index in [9.17, 15) is 0 Å². The first-order valence-electron chi connectivity index (χ1n) is 6.20. The van der Waals surface area contributed by atoms with Gasteiger partial charge in [-0.1, -0.05) is 28.4 Å². The number of nitrogens with one attached hydrogen (secondary N) is 1. The van der Waals surface area contributed by atoms with Crippen molar-refractivity contribution in [2.45, 2.75) is 12.8 Å². The van der Waals surface area contributed by atoms with Gasteiger partial charge in [0, 0.05) is 22.0 Å². The first-order valence-corrected chi connectivity index (χ1v) is 6.96. The molecule has 6 heteroatoms. The lowest BCUT2D eigenvalue weighted by Gasteiger charge is -2.01. The Labute approximate surface area is 121 Å². The van der Waals surface area contributed by atoms with Gasteiger partial charge in [-0.25, -0.2) is 0 Å². The molecule has 1 N–H and O–H groups in total. The molecule has 1 unspecified atom stereocenters. The summed E-state index contributed by atoms with van der Waals surface area (Å²) in [7, 11) is 0. The van der Waals surface area contributed by atoms with Crippen LogP contribution in [0.25, 0.3) is 11.4 Å². The lowest BCUT2D eigenvalue weighted by Crippen LogP contribution is -2.10. The molecule has 1 fully saturated rings. The second-order valence-electron chi connectivity index (χ2n) is 4.73. The predicted octanol–water partition coefficient (Wildman–Crippen LogP) is 3.20. The van der Waals surface area contributed by atoms with E-state index in [1.807, 2.05) is 0 Å². The Balaban J connectivity index is 1.79. The summed E-state index contributed by atoms with van der Waals surface area (Å²) in [6, 6.07) is 5.23. The SMILES string of the molecule is Clc1cc(Cl)cc(-c2noc(CC3CCNC3)n2)c1. The van der Waals surface area contributed by atoms with E-state index in [-0.39, 0.29) is 0 Å². The molecule has 100 valence electrons. The molecule has 0 aliphatic carbocycles. The summed E-state index contributed by atoms with van der Waals surface area (Å²) in [5.74, 6) is 1.78. The summed E-state index contributed by atoms with van der Waals surface area (Å²) >= 11 is 11.9. The Hall–Kier alpha value is -1.10. The normalized spacial score (nSPS) is 18.9. The quantitative estimate of drug-likeness (QED) is 0.945. The van der Waals surface area contributed by atoms with Gasteiger partial charge in [0.1, 0.15) is 0 Å². The second kappa shape index (κ2) is 5.49. The first-order chi connectivity index (χ1) is 9.20. The van der Waals surface area contributed by atoms with Crippen LogP contribution in [-0.4, -0.2) is 23.2 Å². The molecular formula is C13H13Cl2N3O. The third-order valence-corrected chi connectivity index (χ3v) is 3.65. The van der Waals surface area contributed by atoms with Crippen molar-refractivity contribution in [1.29, 1.82) is 0 Å². The van der Waals surface area contributed by atoms with Crippen LogP contribution in [0.4, 0.5) is 0 Å². The number of benzene rings is 1. The summed E-state index contributed by atoms with van der Waals surface area (Å²) in [6.45, 7) is 2.08. The molecule has 1 aromatic carbocycles. The molecule has 0 saturated carbocycles. The molecule has 1 aliphatic heterocycles. The van der Waals surface area contributed by atoms with Crippen molar-refractivity contribution >= 4 is 23.2 Å². The highest BCUT2D eigenvalue weighted by Crippen LogP contribution is 2.26. The van der Waals surface area contributed by atoms with E-state index in [0.29, 0.717) is 27.7 Å². The van der Waals surface area contributed by atoms with E-state index in [4.69, 9.17) is 27.7 Å². The van der Waals surface area contributed by atoms with Crippen molar-refractivity contribution in [3.05, 3.63) is 34.1 Å². The standard InChI is InChI=1S/C13H13Cl2N3O/c14-10-4-9(5-11(15)6-10)13-17-12(19-18-13)3-8-1-2-16-7-8/h4-6,8,16H,1-3,7H2. The summed E-state index contributed by atoms with van der Waals surface area (Å²) in [5.41, 5.74) is 0.775. The van der Waals surface area contributed by atoms with Crippen molar-refractivity contribution in [2.24, 2.45) is 5.92 Å². The number of aromatic nitrogens is 2. The fourth-order valence-electron chi connectivity index (χ4n) is 2.27. The minimum atomic E-state index is 0.533. The van der Waals surface area contributed by atoms with E-state index >= 15 is 0 Å². The van der Waals surface area contributed by atoms with Crippen molar-refractivity contribution < 1.29 is 4.52 Å². The monoisotopic (exact) mass is 297 g/mol. The molecule has 0 bridgehead atoms. The predicted molar refractivity (Wildman–Crippen MR) is 74.4 cm³/mol. The van der Waals surface area contributed by atoms with Gasteiger partial charge < -0.3 is 9.84 Å². The Morgan fingerprint density at radius 2 is 2.05 bits per heavy atom. The van der Waals surface area contributed by atoms with Crippen molar-refractivity contribution in [1.82, 2.24) is 15.5 Å². The molecule has 0 amide bonds. The topological polar surface area (TPSA) is 51.0 Å². The average Bonchev–Trinajstić information content (AvgIpc) is 2.99. The van der Waals surface area contributed by atoms with Gasteiger partial charge in [-0.05, 0) is 43.6 Å². The van der Waals surface area contributed by atoms with Crippen LogP contribution in [0.3, 0.4) is 0 Å². The van der Waals surface area contributed by atoms with Gasteiger partial charge in [-0.15, -0.1) is 0 Å². The Bertz CT molecular complexity index is 559. The van der Waals surface area contributed by atoms with E-state index in [1.54, 1.807) is 18.2 Å². The van der Waals surface area contributed by atoms with Crippen molar-refractivity contribution in [3.63, 3.8) is 0 Å². The van der Waals surface area contributed by atoms with Crippen LogP contribution < -0.4 is 5.32 Å². The van der Waals surface area contributed by atoms with Crippen molar-refractivity contribution in [3.8, 4) is 11.4 Å². The van der Waals surface area contributed by atoms with Gasteiger partial charge in [-0.3, -0.25) is 0 Å². The summed E-state index contributed by atoms with van der Waals surface area (Å²) in [6.07, 6.45) is 1.97. The van der Waals surface area contributed by atoms with E-state index < -0.39 is 0 Å². The van der Waals surface area contributed by atoms with E-state index in [1.165, 1.54) is 0 Å². The zero-order chi connectivity index (χ0) is 13.2. The van der Waals surface area contributed by atoms with Crippen LogP contribution in [-0.2, 0) is 6.42 Å². The van der Waals surface area contributed by atoms with Gasteiger partial charge in [0.05, 0.1) is 0 Å². The van der Waals surface area contributed by atoms with Crippen LogP contribution in [0.1, 0.15) is 12.3 Å². The minimum Gasteiger partial charge on any atom is -0.339 e. The fourth-order valence-corrected chi connectivity index (χ4v) is 2.80. The number of halogens is 2. The highest BCUT2D eigenvalue weighted by atomic mass is 35.5. The molecule has 4 nitrogen and oxygen atoms in total. The van der Waals surface area contributed by atoms with E-state index in [0.717, 1.165) is 31.5 Å². The van der Waals surface area contributed by atoms with Gasteiger partial charge in [0.25, 0.3) is 0 Å². The average molecular weight is 298 g/mol. The lowest BCUT2D eigenvalue weighted by molar-refractivity contribution is 0.358.